The van der Waals surface area contributed by atoms with Gasteiger partial charge in [-0.15, -0.1) is 0 Å². The zero-order valence-corrected chi connectivity index (χ0v) is 12.4. The van der Waals surface area contributed by atoms with Crippen LogP contribution in [0.25, 0.3) is 0 Å². The number of carbonyl (C=O) groups excluding carboxylic acids is 2. The fraction of sp³-hybridized carbons (Fsp3) is 0.733. The van der Waals surface area contributed by atoms with E-state index in [1.54, 1.807) is 6.08 Å². The van der Waals surface area contributed by atoms with E-state index in [1.165, 1.54) is 0 Å². The largest absolute Gasteiger partial charge is 0.465 e. The van der Waals surface area contributed by atoms with Crippen LogP contribution in [0.2, 0.25) is 0 Å². The van der Waals surface area contributed by atoms with Crippen molar-refractivity contribution >= 4 is 11.9 Å². The Bertz CT molecular complexity index is 295. The molecule has 0 aromatic rings. The zero-order valence-electron chi connectivity index (χ0n) is 12.4. The van der Waals surface area contributed by atoms with Crippen LogP contribution in [-0.2, 0) is 19.1 Å². The van der Waals surface area contributed by atoms with Gasteiger partial charge in [-0.1, -0.05) is 38.3 Å². The van der Waals surface area contributed by atoms with Gasteiger partial charge in [0.05, 0.1) is 26.1 Å². The fourth-order valence-electron chi connectivity index (χ4n) is 1.33. The highest BCUT2D eigenvalue weighted by Gasteiger charge is 2.05. The Balaban J connectivity index is 3.80. The molecule has 0 spiro atoms. The molecule has 0 radical (unpaired) electrons. The molecule has 0 unspecified atom stereocenters. The fourth-order valence-corrected chi connectivity index (χ4v) is 1.33. The number of ether oxygens (including phenoxy) is 2. The Hall–Kier alpha value is -1.32. The molecular formula is C15H26O4. The summed E-state index contributed by atoms with van der Waals surface area (Å²) in [6.45, 7) is 6.86. The Kier molecular flexibility index (Phi) is 10.9. The second-order valence-corrected chi connectivity index (χ2v) is 4.58. The van der Waals surface area contributed by atoms with Gasteiger partial charge in [0.1, 0.15) is 0 Å². The minimum Gasteiger partial charge on any atom is -0.465 e. The highest BCUT2D eigenvalue weighted by Crippen LogP contribution is 2.05. The van der Waals surface area contributed by atoms with Crippen molar-refractivity contribution < 1.29 is 19.1 Å². The number of unbranched alkanes of at least 4 members (excludes halogenated alkanes) is 2. The van der Waals surface area contributed by atoms with Crippen LogP contribution in [0.15, 0.2) is 11.6 Å². The quantitative estimate of drug-likeness (QED) is 0.347. The van der Waals surface area contributed by atoms with E-state index in [9.17, 15) is 9.59 Å². The molecule has 4 nitrogen and oxygen atoms in total. The molecule has 0 aliphatic heterocycles. The minimum atomic E-state index is -0.243. The van der Waals surface area contributed by atoms with Crippen LogP contribution in [-0.4, -0.2) is 25.2 Å². The van der Waals surface area contributed by atoms with Crippen LogP contribution in [0.5, 0.6) is 0 Å². The van der Waals surface area contributed by atoms with Crippen LogP contribution in [0.1, 0.15) is 59.3 Å². The Morgan fingerprint density at radius 3 is 2.00 bits per heavy atom. The van der Waals surface area contributed by atoms with E-state index >= 15 is 0 Å². The summed E-state index contributed by atoms with van der Waals surface area (Å²) < 4.78 is 10.1. The summed E-state index contributed by atoms with van der Waals surface area (Å²) in [5, 5.41) is 0. The van der Waals surface area contributed by atoms with E-state index in [-0.39, 0.29) is 24.8 Å². The molecule has 0 bridgehead atoms. The third-order valence-electron chi connectivity index (χ3n) is 2.56. The maximum Gasteiger partial charge on any atom is 0.309 e. The standard InChI is InChI=1S/C15H26O4/c1-4-6-10-18-14(16)9-8-13(3)12-15(17)19-11-7-5-2/h8H,4-7,9-12H2,1-3H3/b13-8-. The average Bonchev–Trinajstić information content (AvgIpc) is 2.37. The zero-order chi connectivity index (χ0) is 14.5. The first kappa shape index (κ1) is 17.7. The van der Waals surface area contributed by atoms with Crippen molar-refractivity contribution in [3.63, 3.8) is 0 Å². The molecule has 0 fully saturated rings. The van der Waals surface area contributed by atoms with Crippen LogP contribution >= 0.6 is 0 Å². The van der Waals surface area contributed by atoms with Crippen molar-refractivity contribution in [3.05, 3.63) is 11.6 Å². The minimum absolute atomic E-state index is 0.220. The lowest BCUT2D eigenvalue weighted by molar-refractivity contribution is -0.144. The topological polar surface area (TPSA) is 52.6 Å². The molecule has 0 saturated heterocycles. The van der Waals surface area contributed by atoms with Gasteiger partial charge in [-0.25, -0.2) is 0 Å². The predicted octanol–water partition coefficient (Wildman–Crippen LogP) is 3.40. The van der Waals surface area contributed by atoms with Gasteiger partial charge < -0.3 is 9.47 Å². The summed E-state index contributed by atoms with van der Waals surface area (Å²) in [4.78, 5) is 22.7. The summed E-state index contributed by atoms with van der Waals surface area (Å²) in [7, 11) is 0. The van der Waals surface area contributed by atoms with Crippen LogP contribution in [0.3, 0.4) is 0 Å². The van der Waals surface area contributed by atoms with Gasteiger partial charge in [0.2, 0.25) is 0 Å². The van der Waals surface area contributed by atoms with Gasteiger partial charge >= 0.3 is 11.9 Å². The summed E-state index contributed by atoms with van der Waals surface area (Å²) in [6, 6.07) is 0. The molecule has 0 aliphatic rings. The molecule has 0 rings (SSSR count). The highest BCUT2D eigenvalue weighted by atomic mass is 16.5. The number of rotatable bonds is 10. The molecule has 0 heterocycles. The molecule has 0 amide bonds. The molecule has 0 atom stereocenters. The van der Waals surface area contributed by atoms with Crippen molar-refractivity contribution in [3.8, 4) is 0 Å². The van der Waals surface area contributed by atoms with Crippen molar-refractivity contribution in [2.45, 2.75) is 59.3 Å². The first-order valence-corrected chi connectivity index (χ1v) is 7.07. The molecule has 4 heteroatoms. The molecule has 0 saturated carbocycles. The van der Waals surface area contributed by atoms with E-state index in [4.69, 9.17) is 9.47 Å². The SMILES string of the molecule is CCCCOC(=O)C/C=C(/C)CC(=O)OCCCC. The lowest BCUT2D eigenvalue weighted by Crippen LogP contribution is -2.07. The third-order valence-corrected chi connectivity index (χ3v) is 2.56. The summed E-state index contributed by atoms with van der Waals surface area (Å²) >= 11 is 0. The average molecular weight is 270 g/mol. The Morgan fingerprint density at radius 1 is 0.947 bits per heavy atom. The first-order chi connectivity index (χ1) is 9.10. The lowest BCUT2D eigenvalue weighted by Gasteiger charge is -2.04. The van der Waals surface area contributed by atoms with Crippen molar-refractivity contribution in [1.29, 1.82) is 0 Å². The molecule has 110 valence electrons. The molecule has 0 N–H and O–H groups in total. The Labute approximate surface area is 116 Å². The van der Waals surface area contributed by atoms with Gasteiger partial charge in [0.15, 0.2) is 0 Å². The van der Waals surface area contributed by atoms with Gasteiger partial charge in [-0.3, -0.25) is 9.59 Å². The summed E-state index contributed by atoms with van der Waals surface area (Å²) in [5.41, 5.74) is 0.842. The van der Waals surface area contributed by atoms with Crippen LogP contribution < -0.4 is 0 Å². The molecule has 0 aliphatic carbocycles. The maximum atomic E-state index is 11.4. The lowest BCUT2D eigenvalue weighted by atomic mass is 10.2. The smallest absolute Gasteiger partial charge is 0.309 e. The normalized spacial score (nSPS) is 11.2. The second kappa shape index (κ2) is 11.8. The van der Waals surface area contributed by atoms with Gasteiger partial charge in [-0.05, 0) is 19.8 Å². The first-order valence-electron chi connectivity index (χ1n) is 7.07. The molecule has 0 aromatic heterocycles. The highest BCUT2D eigenvalue weighted by molar-refractivity contribution is 5.74. The summed E-state index contributed by atoms with van der Waals surface area (Å²) in [5.74, 6) is -0.478. The third kappa shape index (κ3) is 11.5. The van der Waals surface area contributed by atoms with Crippen LogP contribution in [0, 0.1) is 0 Å². The van der Waals surface area contributed by atoms with Gasteiger partial charge in [0.25, 0.3) is 0 Å². The van der Waals surface area contributed by atoms with E-state index in [0.29, 0.717) is 13.2 Å². The predicted molar refractivity (Wildman–Crippen MR) is 74.7 cm³/mol. The second-order valence-electron chi connectivity index (χ2n) is 4.58. The molecule has 19 heavy (non-hydrogen) atoms. The van der Waals surface area contributed by atoms with Crippen LogP contribution in [0.4, 0.5) is 0 Å². The van der Waals surface area contributed by atoms with Crippen molar-refractivity contribution in [1.82, 2.24) is 0 Å². The van der Waals surface area contributed by atoms with E-state index in [1.807, 2.05) is 20.8 Å². The number of carbonyl (C=O) groups is 2. The monoisotopic (exact) mass is 270 g/mol. The number of hydrogen-bond acceptors (Lipinski definition) is 4. The number of esters is 2. The van der Waals surface area contributed by atoms with E-state index in [2.05, 4.69) is 0 Å². The Morgan fingerprint density at radius 2 is 1.47 bits per heavy atom. The van der Waals surface area contributed by atoms with E-state index in [0.717, 1.165) is 31.3 Å². The van der Waals surface area contributed by atoms with Gasteiger partial charge in [-0.2, -0.15) is 0 Å². The number of hydrogen-bond donors (Lipinski definition) is 0. The maximum absolute atomic E-state index is 11.4. The van der Waals surface area contributed by atoms with E-state index < -0.39 is 0 Å². The van der Waals surface area contributed by atoms with Crippen molar-refractivity contribution in [2.24, 2.45) is 0 Å². The van der Waals surface area contributed by atoms with Gasteiger partial charge in [0, 0.05) is 0 Å². The molecular weight excluding hydrogens is 244 g/mol. The summed E-state index contributed by atoms with van der Waals surface area (Å²) in [6.07, 6.45) is 5.98. The molecule has 0 aromatic carbocycles. The van der Waals surface area contributed by atoms with Crippen molar-refractivity contribution in [2.75, 3.05) is 13.2 Å².